The molecule has 1 aromatic rings. The number of nitrogens with zero attached hydrogens (tertiary/aromatic N) is 1. The number of esters is 2. The van der Waals surface area contributed by atoms with Gasteiger partial charge >= 0.3 is 17.7 Å². The zero-order chi connectivity index (χ0) is 19.5. The number of rotatable bonds is 5. The van der Waals surface area contributed by atoms with Crippen LogP contribution in [0, 0.1) is 5.21 Å². The van der Waals surface area contributed by atoms with Gasteiger partial charge in [0.25, 0.3) is 0 Å². The Morgan fingerprint density at radius 3 is 2.42 bits per heavy atom. The first-order valence-corrected chi connectivity index (χ1v) is 8.30. The number of benzene rings is 1. The Labute approximate surface area is 152 Å². The minimum absolute atomic E-state index is 0.0473. The normalized spacial score (nSPS) is 19.7. The molecule has 7 nitrogen and oxygen atoms in total. The molecule has 0 saturated heterocycles. The lowest BCUT2D eigenvalue weighted by Gasteiger charge is -2.24. The summed E-state index contributed by atoms with van der Waals surface area (Å²) in [7, 11) is 0. The standard InChI is InChI=1S/C19H23NO6/c1-6-24-18(22)15-14(13-10-8-7-9-11-13)16(26-20(15)23)12(2)17(21)25-19(3,4)5/h7-11,14,16H,2,6H2,1,3-5H3/t14-,16+/m0/s1. The maximum absolute atomic E-state index is 12.4. The Morgan fingerprint density at radius 2 is 1.88 bits per heavy atom. The van der Waals surface area contributed by atoms with Crippen LogP contribution in [0.1, 0.15) is 39.2 Å². The third kappa shape index (κ3) is 4.22. The molecule has 0 spiro atoms. The first kappa shape index (κ1) is 19.5. The molecule has 0 amide bonds. The van der Waals surface area contributed by atoms with E-state index in [0.717, 1.165) is 0 Å². The predicted octanol–water partition coefficient (Wildman–Crippen LogP) is 2.50. The van der Waals surface area contributed by atoms with Gasteiger partial charge in [-0.2, -0.15) is 0 Å². The minimum atomic E-state index is -1.07. The van der Waals surface area contributed by atoms with Crippen molar-refractivity contribution < 1.29 is 28.8 Å². The number of ether oxygens (including phenoxy) is 2. The van der Waals surface area contributed by atoms with Gasteiger partial charge in [0, 0.05) is 0 Å². The van der Waals surface area contributed by atoms with Crippen molar-refractivity contribution in [2.75, 3.05) is 6.61 Å². The Balaban J connectivity index is 2.39. The molecule has 1 aliphatic heterocycles. The summed E-state index contributed by atoms with van der Waals surface area (Å²) in [5.74, 6) is -2.31. The summed E-state index contributed by atoms with van der Waals surface area (Å²) < 4.78 is 10.3. The molecular formula is C19H23NO6. The molecular weight excluding hydrogens is 338 g/mol. The Kier molecular flexibility index (Phi) is 5.69. The molecule has 2 atom stereocenters. The fourth-order valence-electron chi connectivity index (χ4n) is 2.60. The predicted molar refractivity (Wildman–Crippen MR) is 94.3 cm³/mol. The van der Waals surface area contributed by atoms with Crippen molar-refractivity contribution in [2.24, 2.45) is 0 Å². The Bertz CT molecular complexity index is 732. The van der Waals surface area contributed by atoms with Crippen molar-refractivity contribution >= 4 is 17.7 Å². The summed E-state index contributed by atoms with van der Waals surface area (Å²) in [6.07, 6.45) is -1.07. The molecule has 26 heavy (non-hydrogen) atoms. The van der Waals surface area contributed by atoms with Crippen molar-refractivity contribution in [3.05, 3.63) is 53.3 Å². The van der Waals surface area contributed by atoms with E-state index >= 15 is 0 Å². The van der Waals surface area contributed by atoms with Gasteiger partial charge < -0.3 is 14.3 Å². The number of hydrogen-bond acceptors (Lipinski definition) is 6. The maximum Gasteiger partial charge on any atom is 0.405 e. The van der Waals surface area contributed by atoms with E-state index in [1.54, 1.807) is 58.0 Å². The lowest BCUT2D eigenvalue weighted by atomic mass is 9.86. The van der Waals surface area contributed by atoms with Gasteiger partial charge in [0.05, 0.1) is 17.1 Å². The molecule has 7 heteroatoms. The van der Waals surface area contributed by atoms with Crippen LogP contribution in [0.15, 0.2) is 42.5 Å². The van der Waals surface area contributed by atoms with E-state index in [9.17, 15) is 14.8 Å². The molecule has 1 heterocycles. The van der Waals surface area contributed by atoms with Crippen LogP contribution in [-0.2, 0) is 23.9 Å². The van der Waals surface area contributed by atoms with Gasteiger partial charge in [-0.25, -0.2) is 9.59 Å². The summed E-state index contributed by atoms with van der Waals surface area (Å²) >= 11 is 0. The smallest absolute Gasteiger partial charge is 0.405 e. The van der Waals surface area contributed by atoms with Crippen molar-refractivity contribution in [3.8, 4) is 0 Å². The highest BCUT2D eigenvalue weighted by Crippen LogP contribution is 2.34. The molecule has 2 rings (SSSR count). The van der Waals surface area contributed by atoms with Crippen molar-refractivity contribution in [1.29, 1.82) is 0 Å². The van der Waals surface area contributed by atoms with E-state index in [1.165, 1.54) is 0 Å². The molecule has 0 saturated carbocycles. The Hall–Kier alpha value is -2.83. The lowest BCUT2D eigenvalue weighted by Crippen LogP contribution is -2.34. The zero-order valence-corrected chi connectivity index (χ0v) is 15.4. The van der Waals surface area contributed by atoms with E-state index in [2.05, 4.69) is 6.58 Å². The van der Waals surface area contributed by atoms with E-state index in [-0.39, 0.29) is 22.8 Å². The van der Waals surface area contributed by atoms with Crippen LogP contribution in [0.3, 0.4) is 0 Å². The molecule has 1 aliphatic rings. The van der Waals surface area contributed by atoms with Crippen LogP contribution in [-0.4, -0.2) is 40.9 Å². The van der Waals surface area contributed by atoms with E-state index in [1.807, 2.05) is 0 Å². The molecule has 1 aromatic carbocycles. The molecule has 0 bridgehead atoms. The number of carbonyl (C=O) groups excluding carboxylic acids is 2. The van der Waals surface area contributed by atoms with Gasteiger partial charge in [-0.3, -0.25) is 5.21 Å². The minimum Gasteiger partial charge on any atom is -0.458 e. The first-order valence-electron chi connectivity index (χ1n) is 8.30. The van der Waals surface area contributed by atoms with E-state index < -0.39 is 29.6 Å². The second-order valence-corrected chi connectivity index (χ2v) is 6.80. The molecule has 0 N–H and O–H groups in total. The summed E-state index contributed by atoms with van der Waals surface area (Å²) in [6, 6.07) is 8.80. The van der Waals surface area contributed by atoms with E-state index in [0.29, 0.717) is 5.56 Å². The fourth-order valence-corrected chi connectivity index (χ4v) is 2.60. The van der Waals surface area contributed by atoms with Crippen LogP contribution >= 0.6 is 0 Å². The highest BCUT2D eigenvalue weighted by molar-refractivity contribution is 6.37. The summed E-state index contributed by atoms with van der Waals surface area (Å²) in [5, 5.41) is 12.3. The molecule has 140 valence electrons. The fraction of sp³-hybridized carbons (Fsp3) is 0.421. The maximum atomic E-state index is 12.4. The van der Waals surface area contributed by atoms with Gasteiger partial charge in [-0.15, -0.1) is 0 Å². The Morgan fingerprint density at radius 1 is 1.27 bits per heavy atom. The molecule has 0 aliphatic carbocycles. The van der Waals surface area contributed by atoms with Gasteiger partial charge in [0.2, 0.25) is 0 Å². The molecule has 0 unspecified atom stereocenters. The average Bonchev–Trinajstić information content (AvgIpc) is 2.91. The zero-order valence-electron chi connectivity index (χ0n) is 15.4. The topological polar surface area (TPSA) is 87.9 Å². The van der Waals surface area contributed by atoms with Gasteiger partial charge in [0.1, 0.15) is 17.6 Å². The quantitative estimate of drug-likeness (QED) is 0.455. The van der Waals surface area contributed by atoms with Crippen LogP contribution < -0.4 is 0 Å². The highest BCUT2D eigenvalue weighted by Gasteiger charge is 2.49. The van der Waals surface area contributed by atoms with Crippen molar-refractivity contribution in [1.82, 2.24) is 0 Å². The van der Waals surface area contributed by atoms with Crippen molar-refractivity contribution in [3.63, 3.8) is 0 Å². The van der Waals surface area contributed by atoms with Gasteiger partial charge in [-0.05, 0) is 33.3 Å². The molecule has 0 radical (unpaired) electrons. The summed E-state index contributed by atoms with van der Waals surface area (Å²) in [6.45, 7) is 10.6. The largest absolute Gasteiger partial charge is 0.458 e. The van der Waals surface area contributed by atoms with E-state index in [4.69, 9.17) is 14.3 Å². The third-order valence-electron chi connectivity index (χ3n) is 3.65. The van der Waals surface area contributed by atoms with Gasteiger partial charge in [-0.1, -0.05) is 36.9 Å². The molecule has 0 fully saturated rings. The van der Waals surface area contributed by atoms with Crippen LogP contribution in [0.5, 0.6) is 0 Å². The lowest BCUT2D eigenvalue weighted by molar-refractivity contribution is -0.737. The summed E-state index contributed by atoms with van der Waals surface area (Å²) in [5.41, 5.74) is -0.378. The number of carbonyl (C=O) groups is 2. The average molecular weight is 361 g/mol. The second kappa shape index (κ2) is 7.59. The van der Waals surface area contributed by atoms with Crippen LogP contribution in [0.25, 0.3) is 0 Å². The van der Waals surface area contributed by atoms with Crippen LogP contribution in [0.4, 0.5) is 0 Å². The third-order valence-corrected chi connectivity index (χ3v) is 3.65. The highest BCUT2D eigenvalue weighted by atomic mass is 16.9. The monoisotopic (exact) mass is 361 g/mol. The van der Waals surface area contributed by atoms with Gasteiger partial charge in [0.15, 0.2) is 0 Å². The van der Waals surface area contributed by atoms with Crippen LogP contribution in [0.2, 0.25) is 0 Å². The summed E-state index contributed by atoms with van der Waals surface area (Å²) in [4.78, 5) is 30.0. The number of hydrogen-bond donors (Lipinski definition) is 0. The second-order valence-electron chi connectivity index (χ2n) is 6.80. The molecule has 0 aromatic heterocycles. The SMILES string of the molecule is C=C(C(=O)OC(C)(C)C)[C@H]1O[N+]([O-])=C(C(=O)OCC)[C@@H]1c1ccccc1. The van der Waals surface area contributed by atoms with Crippen molar-refractivity contribution in [2.45, 2.75) is 45.3 Å². The first-order chi connectivity index (χ1) is 12.2.